The van der Waals surface area contributed by atoms with Gasteiger partial charge in [0.15, 0.2) is 0 Å². The molecule has 0 bridgehead atoms. The van der Waals surface area contributed by atoms with E-state index in [1.165, 1.54) is 51.4 Å². The van der Waals surface area contributed by atoms with Gasteiger partial charge in [0.2, 0.25) is 0 Å². The summed E-state index contributed by atoms with van der Waals surface area (Å²) in [5.74, 6) is 1.68. The van der Waals surface area contributed by atoms with E-state index in [0.29, 0.717) is 12.1 Å². The fraction of sp³-hybridized carbons (Fsp3) is 1.00. The Morgan fingerprint density at radius 2 is 1.44 bits per heavy atom. The van der Waals surface area contributed by atoms with E-state index < -0.39 is 0 Å². The number of hydrogen-bond acceptors (Lipinski definition) is 1. The first kappa shape index (κ1) is 14.3. The van der Waals surface area contributed by atoms with Gasteiger partial charge in [0.1, 0.15) is 0 Å². The van der Waals surface area contributed by atoms with Crippen LogP contribution in [-0.4, -0.2) is 17.6 Å². The third kappa shape index (κ3) is 3.71. The van der Waals surface area contributed by atoms with Gasteiger partial charge in [0.05, 0.1) is 0 Å². The Bertz CT molecular complexity index is 246. The van der Waals surface area contributed by atoms with Crippen LogP contribution in [0.5, 0.6) is 0 Å². The van der Waals surface area contributed by atoms with Crippen molar-refractivity contribution in [3.05, 3.63) is 5.32 Å². The minimum Gasteiger partial charge on any atom is -0.654 e. The van der Waals surface area contributed by atoms with Crippen molar-refractivity contribution in [2.45, 2.75) is 89.8 Å². The highest BCUT2D eigenvalue weighted by Gasteiger charge is 2.27. The second-order valence-corrected chi connectivity index (χ2v) is 7.31. The van der Waals surface area contributed by atoms with Gasteiger partial charge in [-0.25, -0.2) is 0 Å². The molecule has 2 rings (SSSR count). The molecule has 2 nitrogen and oxygen atoms in total. The summed E-state index contributed by atoms with van der Waals surface area (Å²) < 4.78 is 0. The molecule has 2 heteroatoms. The lowest BCUT2D eigenvalue weighted by Gasteiger charge is -2.54. The number of nitrogens with zero attached hydrogens (tertiary/aromatic N) is 1. The predicted molar refractivity (Wildman–Crippen MR) is 78.8 cm³/mol. The summed E-state index contributed by atoms with van der Waals surface area (Å²) in [6, 6.07) is 1.08. The molecule has 0 atom stereocenters. The Labute approximate surface area is 113 Å². The monoisotopic (exact) mass is 251 g/mol. The molecule has 0 heterocycles. The maximum atomic E-state index is 6.01. The number of rotatable bonds is 3. The maximum Gasteiger partial charge on any atom is 0.00390 e. The molecule has 0 unspecified atom stereocenters. The first-order valence-electron chi connectivity index (χ1n) is 7.95. The highest BCUT2D eigenvalue weighted by atomic mass is 15.0. The van der Waals surface area contributed by atoms with E-state index >= 15 is 0 Å². The van der Waals surface area contributed by atoms with Gasteiger partial charge in [0, 0.05) is 6.04 Å². The lowest BCUT2D eigenvalue weighted by molar-refractivity contribution is 0.232. The third-order valence-electron chi connectivity index (χ3n) is 5.27. The van der Waals surface area contributed by atoms with Gasteiger partial charge in [-0.2, -0.15) is 0 Å². The average Bonchev–Trinajstić information content (AvgIpc) is 2.32. The molecule has 0 spiro atoms. The van der Waals surface area contributed by atoms with Crippen LogP contribution in [0.15, 0.2) is 0 Å². The highest BCUT2D eigenvalue weighted by molar-refractivity contribution is 5.11. The molecule has 2 aliphatic rings. The molecule has 0 aromatic heterocycles. The number of hydrogen-bond donors (Lipinski definition) is 1. The minimum absolute atomic E-state index is 0.172. The summed E-state index contributed by atoms with van der Waals surface area (Å²) in [5, 5.41) is 5.21. The summed E-state index contributed by atoms with van der Waals surface area (Å²) in [6.07, 6.45) is 10.3. The molecule has 2 saturated carbocycles. The topological polar surface area (TPSA) is 40.1 Å². The molecule has 18 heavy (non-hydrogen) atoms. The molecule has 0 radical (unpaired) electrons. The Morgan fingerprint density at radius 3 is 2.00 bits per heavy atom. The van der Waals surface area contributed by atoms with Gasteiger partial charge in [-0.3, -0.25) is 0 Å². The largest absolute Gasteiger partial charge is 0.654 e. The van der Waals surface area contributed by atoms with Gasteiger partial charge in [0.25, 0.3) is 0 Å². The van der Waals surface area contributed by atoms with Gasteiger partial charge < -0.3 is 11.1 Å². The van der Waals surface area contributed by atoms with Crippen molar-refractivity contribution < 1.29 is 0 Å². The average molecular weight is 251 g/mol. The Balaban J connectivity index is 1.82. The van der Waals surface area contributed by atoms with Crippen molar-refractivity contribution in [2.75, 3.05) is 0 Å². The second kappa shape index (κ2) is 5.92. The fourth-order valence-electron chi connectivity index (χ4n) is 3.77. The van der Waals surface area contributed by atoms with Gasteiger partial charge in [-0.15, -0.1) is 11.6 Å². The molecule has 2 N–H and O–H groups in total. The van der Waals surface area contributed by atoms with E-state index in [1.54, 1.807) is 0 Å². The Hall–Kier alpha value is -0.0800. The summed E-state index contributed by atoms with van der Waals surface area (Å²) in [4.78, 5) is 0. The van der Waals surface area contributed by atoms with Gasteiger partial charge in [-0.1, -0.05) is 65.2 Å². The second-order valence-electron chi connectivity index (χ2n) is 7.31. The Kier molecular flexibility index (Phi) is 4.71. The van der Waals surface area contributed by atoms with E-state index in [0.717, 1.165) is 11.8 Å². The minimum atomic E-state index is 0.172. The molecule has 0 amide bonds. The van der Waals surface area contributed by atoms with E-state index in [9.17, 15) is 0 Å². The van der Waals surface area contributed by atoms with E-state index in [-0.39, 0.29) is 5.54 Å². The van der Waals surface area contributed by atoms with E-state index in [4.69, 9.17) is 11.1 Å². The molecular formula is C16H31N2-. The molecule has 0 saturated heterocycles. The van der Waals surface area contributed by atoms with Crippen molar-refractivity contribution in [2.24, 2.45) is 17.6 Å². The highest BCUT2D eigenvalue weighted by Crippen LogP contribution is 2.41. The maximum absolute atomic E-state index is 6.01. The zero-order chi connectivity index (χ0) is 13.2. The van der Waals surface area contributed by atoms with Crippen LogP contribution in [-0.2, 0) is 0 Å². The van der Waals surface area contributed by atoms with Crippen LogP contribution in [0, 0.1) is 11.8 Å². The molecule has 2 fully saturated rings. The fourth-order valence-corrected chi connectivity index (χ4v) is 3.77. The van der Waals surface area contributed by atoms with Crippen LogP contribution in [0.25, 0.3) is 5.32 Å². The zero-order valence-corrected chi connectivity index (χ0v) is 12.5. The number of nitrogens with two attached hydrogens (primary N) is 1. The molecular weight excluding hydrogens is 220 g/mol. The summed E-state index contributed by atoms with van der Waals surface area (Å²) in [6.45, 7) is 7.09. The smallest absolute Gasteiger partial charge is 0.00390 e. The van der Waals surface area contributed by atoms with Crippen LogP contribution >= 0.6 is 0 Å². The van der Waals surface area contributed by atoms with Crippen LogP contribution in [0.4, 0.5) is 0 Å². The molecule has 0 aromatic rings. The molecule has 2 aliphatic carbocycles. The first-order valence-corrected chi connectivity index (χ1v) is 7.95. The van der Waals surface area contributed by atoms with Crippen LogP contribution in [0.2, 0.25) is 0 Å². The zero-order valence-electron chi connectivity index (χ0n) is 12.5. The Morgan fingerprint density at radius 1 is 0.889 bits per heavy atom. The quantitative estimate of drug-likeness (QED) is 0.801. The molecule has 0 aromatic carbocycles. The van der Waals surface area contributed by atoms with Crippen molar-refractivity contribution in [3.63, 3.8) is 0 Å². The van der Waals surface area contributed by atoms with Gasteiger partial charge in [-0.05, 0) is 18.8 Å². The predicted octanol–water partition coefficient (Wildman–Crippen LogP) is 4.23. The van der Waals surface area contributed by atoms with Crippen LogP contribution in [0.1, 0.15) is 72.1 Å². The van der Waals surface area contributed by atoms with E-state index in [1.807, 2.05) is 0 Å². The van der Waals surface area contributed by atoms with Crippen molar-refractivity contribution in [3.8, 4) is 0 Å². The normalized spacial score (nSPS) is 38.7. The van der Waals surface area contributed by atoms with Crippen molar-refractivity contribution in [1.29, 1.82) is 0 Å². The van der Waals surface area contributed by atoms with Crippen LogP contribution in [0.3, 0.4) is 0 Å². The van der Waals surface area contributed by atoms with Gasteiger partial charge >= 0.3 is 0 Å². The first-order chi connectivity index (χ1) is 8.47. The van der Waals surface area contributed by atoms with E-state index in [2.05, 4.69) is 20.8 Å². The van der Waals surface area contributed by atoms with Crippen molar-refractivity contribution >= 4 is 0 Å². The summed E-state index contributed by atoms with van der Waals surface area (Å²) >= 11 is 0. The lowest BCUT2D eigenvalue weighted by atomic mass is 9.74. The summed E-state index contributed by atoms with van der Waals surface area (Å²) in [7, 11) is 0. The molecule has 106 valence electrons. The lowest BCUT2D eigenvalue weighted by Crippen LogP contribution is -2.39. The standard InChI is InChI=1S/C16H31N2/c1-12-4-10-15(11-5-12)18-16(2,3)13-6-8-14(17)9-7-13/h12-15H,4-11,17H2,1-3H3/q-1. The van der Waals surface area contributed by atoms with Crippen LogP contribution < -0.4 is 5.73 Å². The van der Waals surface area contributed by atoms with Crippen molar-refractivity contribution in [1.82, 2.24) is 0 Å². The summed E-state index contributed by atoms with van der Waals surface area (Å²) in [5.41, 5.74) is 6.18. The molecule has 0 aliphatic heterocycles. The third-order valence-corrected chi connectivity index (χ3v) is 5.27. The SMILES string of the molecule is CC1CCC([N-]C(C)(C)C2CCC(N)CC2)CC1.